The van der Waals surface area contributed by atoms with Crippen LogP contribution in [0.3, 0.4) is 0 Å². The predicted molar refractivity (Wildman–Crippen MR) is 79.9 cm³/mol. The van der Waals surface area contributed by atoms with Crippen molar-refractivity contribution >= 4 is 11.8 Å². The van der Waals surface area contributed by atoms with Crippen LogP contribution in [0, 0.1) is 11.6 Å². The fourth-order valence-corrected chi connectivity index (χ4v) is 2.81. The van der Waals surface area contributed by atoms with Gasteiger partial charge in [0.05, 0.1) is 0 Å². The number of rotatable bonds is 6. The molecule has 0 unspecified atom stereocenters. The molecule has 0 spiro atoms. The molecule has 0 saturated heterocycles. The van der Waals surface area contributed by atoms with Crippen molar-refractivity contribution < 1.29 is 8.78 Å². The highest BCUT2D eigenvalue weighted by molar-refractivity contribution is 7.99. The summed E-state index contributed by atoms with van der Waals surface area (Å²) in [6.45, 7) is 1.44. The number of halogens is 2. The summed E-state index contributed by atoms with van der Waals surface area (Å²) < 4.78 is 26.3. The lowest BCUT2D eigenvalue weighted by Gasteiger charge is -2.16. The van der Waals surface area contributed by atoms with Crippen LogP contribution in [0.15, 0.2) is 53.4 Å². The van der Waals surface area contributed by atoms with Crippen molar-refractivity contribution in [2.24, 2.45) is 0 Å². The van der Waals surface area contributed by atoms with E-state index in [1.54, 1.807) is 36.0 Å². The number of benzene rings is 2. The maximum Gasteiger partial charge on any atom is 0.127 e. The van der Waals surface area contributed by atoms with Gasteiger partial charge in [-0.15, -0.1) is 11.8 Å². The highest BCUT2D eigenvalue weighted by Gasteiger charge is 2.05. The molecule has 0 radical (unpaired) electrons. The minimum absolute atomic E-state index is 0.162. The molecule has 0 bridgehead atoms. The van der Waals surface area contributed by atoms with Crippen LogP contribution in [0.4, 0.5) is 8.78 Å². The highest BCUT2D eigenvalue weighted by Crippen LogP contribution is 2.18. The normalized spacial score (nSPS) is 11.0. The average Bonchev–Trinajstić information content (AvgIpc) is 2.44. The number of hydrogen-bond acceptors (Lipinski definition) is 2. The highest BCUT2D eigenvalue weighted by atomic mass is 32.2. The van der Waals surface area contributed by atoms with Crippen LogP contribution in [-0.4, -0.2) is 24.2 Å². The maximum absolute atomic E-state index is 13.5. The molecule has 0 fully saturated rings. The standard InChI is InChI=1S/C16H17F2NS/c1-19(12-13-4-2-3-5-16(13)18)10-11-20-15-8-6-14(17)7-9-15/h2-9H,10-12H2,1H3. The molecule has 0 heterocycles. The van der Waals surface area contributed by atoms with E-state index < -0.39 is 0 Å². The topological polar surface area (TPSA) is 3.24 Å². The first-order valence-corrected chi connectivity index (χ1v) is 7.44. The summed E-state index contributed by atoms with van der Waals surface area (Å²) in [4.78, 5) is 3.13. The van der Waals surface area contributed by atoms with E-state index in [1.165, 1.54) is 18.2 Å². The van der Waals surface area contributed by atoms with E-state index in [-0.39, 0.29) is 11.6 Å². The quantitative estimate of drug-likeness (QED) is 0.735. The van der Waals surface area contributed by atoms with Gasteiger partial charge in [0.15, 0.2) is 0 Å². The van der Waals surface area contributed by atoms with E-state index in [4.69, 9.17) is 0 Å². The summed E-state index contributed by atoms with van der Waals surface area (Å²) in [5.41, 5.74) is 0.710. The summed E-state index contributed by atoms with van der Waals surface area (Å²) in [6.07, 6.45) is 0. The van der Waals surface area contributed by atoms with Gasteiger partial charge >= 0.3 is 0 Å². The molecule has 0 atom stereocenters. The van der Waals surface area contributed by atoms with Crippen molar-refractivity contribution in [3.63, 3.8) is 0 Å². The van der Waals surface area contributed by atoms with Gasteiger partial charge < -0.3 is 4.90 Å². The maximum atomic E-state index is 13.5. The van der Waals surface area contributed by atoms with Crippen molar-refractivity contribution in [1.82, 2.24) is 4.90 Å². The zero-order valence-electron chi connectivity index (χ0n) is 11.4. The molecule has 0 amide bonds. The lowest BCUT2D eigenvalue weighted by atomic mass is 10.2. The van der Waals surface area contributed by atoms with Crippen LogP contribution < -0.4 is 0 Å². The Morgan fingerprint density at radius 3 is 2.40 bits per heavy atom. The molecule has 0 aliphatic carbocycles. The number of hydrogen-bond donors (Lipinski definition) is 0. The second kappa shape index (κ2) is 7.41. The molecule has 2 aromatic rings. The molecule has 0 saturated carbocycles. The van der Waals surface area contributed by atoms with Crippen LogP contribution in [0.2, 0.25) is 0 Å². The van der Waals surface area contributed by atoms with E-state index in [0.717, 1.165) is 17.2 Å². The van der Waals surface area contributed by atoms with Crippen LogP contribution in [-0.2, 0) is 6.54 Å². The predicted octanol–water partition coefficient (Wildman–Crippen LogP) is 4.19. The van der Waals surface area contributed by atoms with Gasteiger partial charge in [-0.1, -0.05) is 18.2 Å². The van der Waals surface area contributed by atoms with Crippen LogP contribution in [0.5, 0.6) is 0 Å². The van der Waals surface area contributed by atoms with E-state index in [9.17, 15) is 8.78 Å². The molecule has 4 heteroatoms. The fourth-order valence-electron chi connectivity index (χ4n) is 1.85. The lowest BCUT2D eigenvalue weighted by molar-refractivity contribution is 0.342. The molecule has 0 aromatic heterocycles. The monoisotopic (exact) mass is 293 g/mol. The van der Waals surface area contributed by atoms with Crippen molar-refractivity contribution in [2.75, 3.05) is 19.3 Å². The Morgan fingerprint density at radius 2 is 1.70 bits per heavy atom. The van der Waals surface area contributed by atoms with Crippen molar-refractivity contribution in [1.29, 1.82) is 0 Å². The Kier molecular flexibility index (Phi) is 5.56. The summed E-state index contributed by atoms with van der Waals surface area (Å²) >= 11 is 1.67. The molecule has 2 aromatic carbocycles. The summed E-state index contributed by atoms with van der Waals surface area (Å²) in [5, 5.41) is 0. The van der Waals surface area contributed by atoms with E-state index in [2.05, 4.69) is 4.90 Å². The largest absolute Gasteiger partial charge is 0.301 e. The van der Waals surface area contributed by atoms with Gasteiger partial charge in [-0.2, -0.15) is 0 Å². The minimum atomic E-state index is -0.217. The summed E-state index contributed by atoms with van der Waals surface area (Å²) in [6, 6.07) is 13.3. The number of thioether (sulfide) groups is 1. The van der Waals surface area contributed by atoms with Crippen LogP contribution in [0.1, 0.15) is 5.56 Å². The molecular weight excluding hydrogens is 276 g/mol. The molecule has 1 nitrogen and oxygen atoms in total. The Balaban J connectivity index is 1.76. The Bertz CT molecular complexity index is 542. The van der Waals surface area contributed by atoms with Gasteiger partial charge in [0.25, 0.3) is 0 Å². The Labute approximate surface area is 122 Å². The number of nitrogens with zero attached hydrogens (tertiary/aromatic N) is 1. The van der Waals surface area contributed by atoms with Gasteiger partial charge in [-0.25, -0.2) is 8.78 Å². The van der Waals surface area contributed by atoms with E-state index >= 15 is 0 Å². The lowest BCUT2D eigenvalue weighted by Crippen LogP contribution is -2.21. The second-order valence-electron chi connectivity index (χ2n) is 4.63. The summed E-state index contributed by atoms with van der Waals surface area (Å²) in [5.74, 6) is 0.507. The van der Waals surface area contributed by atoms with Gasteiger partial charge in [0.2, 0.25) is 0 Å². The first-order chi connectivity index (χ1) is 9.65. The van der Waals surface area contributed by atoms with E-state index in [1.807, 2.05) is 13.1 Å². The van der Waals surface area contributed by atoms with Crippen LogP contribution in [0.25, 0.3) is 0 Å². The third-order valence-corrected chi connectivity index (χ3v) is 3.95. The second-order valence-corrected chi connectivity index (χ2v) is 5.80. The first-order valence-electron chi connectivity index (χ1n) is 6.45. The summed E-state index contributed by atoms with van der Waals surface area (Å²) in [7, 11) is 1.97. The van der Waals surface area contributed by atoms with Crippen LogP contribution >= 0.6 is 11.8 Å². The molecule has 2 rings (SSSR count). The molecular formula is C16H17F2NS. The van der Waals surface area contributed by atoms with Gasteiger partial charge in [-0.3, -0.25) is 0 Å². The SMILES string of the molecule is CN(CCSc1ccc(F)cc1)Cc1ccccc1F. The van der Waals surface area contributed by atoms with Gasteiger partial charge in [-0.05, 0) is 37.4 Å². The molecule has 0 aliphatic rings. The first kappa shape index (κ1) is 15.0. The van der Waals surface area contributed by atoms with Crippen molar-refractivity contribution in [2.45, 2.75) is 11.4 Å². The third kappa shape index (κ3) is 4.62. The molecule has 0 N–H and O–H groups in total. The smallest absolute Gasteiger partial charge is 0.127 e. The Hall–Kier alpha value is -1.39. The van der Waals surface area contributed by atoms with E-state index in [0.29, 0.717) is 12.1 Å². The Morgan fingerprint density at radius 1 is 1.00 bits per heavy atom. The van der Waals surface area contributed by atoms with Gasteiger partial charge in [0, 0.05) is 29.3 Å². The van der Waals surface area contributed by atoms with Gasteiger partial charge in [0.1, 0.15) is 11.6 Å². The molecule has 106 valence electrons. The molecule has 20 heavy (non-hydrogen) atoms. The fraction of sp³-hybridized carbons (Fsp3) is 0.250. The minimum Gasteiger partial charge on any atom is -0.301 e. The average molecular weight is 293 g/mol. The van der Waals surface area contributed by atoms with Crippen molar-refractivity contribution in [3.05, 3.63) is 65.7 Å². The zero-order chi connectivity index (χ0) is 14.4. The molecule has 0 aliphatic heterocycles. The zero-order valence-corrected chi connectivity index (χ0v) is 12.2. The third-order valence-electron chi connectivity index (χ3n) is 2.95. The van der Waals surface area contributed by atoms with Crippen molar-refractivity contribution in [3.8, 4) is 0 Å².